The van der Waals surface area contributed by atoms with Crippen molar-refractivity contribution in [3.63, 3.8) is 0 Å². The number of hydrogen-bond donors (Lipinski definition) is 0. The summed E-state index contributed by atoms with van der Waals surface area (Å²) in [6.07, 6.45) is 4.14. The van der Waals surface area contributed by atoms with Crippen LogP contribution in [0.4, 0.5) is 0 Å². The van der Waals surface area contributed by atoms with Gasteiger partial charge in [-0.05, 0) is 17.9 Å². The van der Waals surface area contributed by atoms with Crippen LogP contribution in [0.1, 0.15) is 23.0 Å². The lowest BCUT2D eigenvalue weighted by Crippen LogP contribution is -2.29. The van der Waals surface area contributed by atoms with Crippen LogP contribution in [0.25, 0.3) is 10.6 Å². The summed E-state index contributed by atoms with van der Waals surface area (Å²) in [6.45, 7) is 1.26. The molecule has 1 saturated heterocycles. The second-order valence-corrected chi connectivity index (χ2v) is 6.04. The second-order valence-electron chi connectivity index (χ2n) is 5.10. The second kappa shape index (κ2) is 5.38. The van der Waals surface area contributed by atoms with E-state index in [2.05, 4.69) is 15.4 Å². The van der Waals surface area contributed by atoms with E-state index in [1.54, 1.807) is 39.5 Å². The van der Waals surface area contributed by atoms with Gasteiger partial charge in [-0.3, -0.25) is 4.79 Å². The molecule has 1 unspecified atom stereocenters. The molecule has 0 aliphatic carbocycles. The summed E-state index contributed by atoms with van der Waals surface area (Å²) in [7, 11) is 0. The molecule has 8 heteroatoms. The molecule has 4 rings (SSSR count). The highest BCUT2D eigenvalue weighted by Gasteiger charge is 2.30. The van der Waals surface area contributed by atoms with Crippen LogP contribution >= 0.6 is 11.3 Å². The molecule has 1 fully saturated rings. The van der Waals surface area contributed by atoms with E-state index in [4.69, 9.17) is 4.52 Å². The number of thiophene rings is 1. The molecule has 0 saturated carbocycles. The zero-order valence-electron chi connectivity index (χ0n) is 11.6. The lowest BCUT2D eigenvalue weighted by Gasteiger charge is -2.14. The van der Waals surface area contributed by atoms with Gasteiger partial charge in [0.15, 0.2) is 11.5 Å². The minimum Gasteiger partial charge on any atom is -0.355 e. The first-order valence-electron chi connectivity index (χ1n) is 6.97. The first-order chi connectivity index (χ1) is 10.8. The Labute approximate surface area is 130 Å². The SMILES string of the molecule is O=C(c1cc(-c2cccs2)on1)N1CCC(n2nccn2)C1. The zero-order valence-corrected chi connectivity index (χ0v) is 12.4. The molecular formula is C14H13N5O2S. The van der Waals surface area contributed by atoms with E-state index in [0.717, 1.165) is 11.3 Å². The molecule has 3 aromatic rings. The van der Waals surface area contributed by atoms with Crippen molar-refractivity contribution in [2.45, 2.75) is 12.5 Å². The zero-order chi connectivity index (χ0) is 14.9. The van der Waals surface area contributed by atoms with Gasteiger partial charge in [-0.2, -0.15) is 15.0 Å². The van der Waals surface area contributed by atoms with Crippen LogP contribution in [0.15, 0.2) is 40.5 Å². The lowest BCUT2D eigenvalue weighted by atomic mass is 10.3. The van der Waals surface area contributed by atoms with E-state index in [0.29, 0.717) is 24.5 Å². The van der Waals surface area contributed by atoms with E-state index in [-0.39, 0.29) is 11.9 Å². The molecule has 0 N–H and O–H groups in total. The maximum Gasteiger partial charge on any atom is 0.276 e. The quantitative estimate of drug-likeness (QED) is 0.739. The summed E-state index contributed by atoms with van der Waals surface area (Å²) < 4.78 is 5.27. The third kappa shape index (κ3) is 2.31. The standard InChI is InChI=1S/C14H13N5O2S/c20-14(11-8-12(21-17-11)13-2-1-7-22-13)18-6-3-10(9-18)19-15-4-5-16-19/h1-2,4-5,7-8,10H,3,6,9H2. The van der Waals surface area contributed by atoms with Gasteiger partial charge in [-0.25, -0.2) is 0 Å². The number of carbonyl (C=O) groups excluding carboxylic acids is 1. The van der Waals surface area contributed by atoms with Crippen LogP contribution in [0.3, 0.4) is 0 Å². The van der Waals surface area contributed by atoms with Crippen molar-refractivity contribution in [2.75, 3.05) is 13.1 Å². The summed E-state index contributed by atoms with van der Waals surface area (Å²) >= 11 is 1.55. The van der Waals surface area contributed by atoms with Gasteiger partial charge in [0.2, 0.25) is 0 Å². The fourth-order valence-electron chi connectivity index (χ4n) is 2.60. The molecule has 1 atom stereocenters. The molecule has 1 aliphatic heterocycles. The number of rotatable bonds is 3. The lowest BCUT2D eigenvalue weighted by molar-refractivity contribution is 0.0776. The van der Waals surface area contributed by atoms with Crippen molar-refractivity contribution in [3.8, 4) is 10.6 Å². The Morgan fingerprint density at radius 1 is 1.36 bits per heavy atom. The van der Waals surface area contributed by atoms with E-state index in [1.807, 2.05) is 17.5 Å². The van der Waals surface area contributed by atoms with Gasteiger partial charge < -0.3 is 9.42 Å². The molecule has 4 heterocycles. The average molecular weight is 315 g/mol. The van der Waals surface area contributed by atoms with Crippen molar-refractivity contribution < 1.29 is 9.32 Å². The van der Waals surface area contributed by atoms with Crippen LogP contribution in [0.5, 0.6) is 0 Å². The molecule has 22 heavy (non-hydrogen) atoms. The predicted octanol–water partition coefficient (Wildman–Crippen LogP) is 2.08. The smallest absolute Gasteiger partial charge is 0.276 e. The van der Waals surface area contributed by atoms with Gasteiger partial charge >= 0.3 is 0 Å². The van der Waals surface area contributed by atoms with Gasteiger partial charge in [-0.15, -0.1) is 11.3 Å². The number of aromatic nitrogens is 4. The summed E-state index contributed by atoms with van der Waals surface area (Å²) in [6, 6.07) is 5.71. The predicted molar refractivity (Wildman–Crippen MR) is 79.4 cm³/mol. The third-order valence-electron chi connectivity index (χ3n) is 3.71. The molecule has 0 bridgehead atoms. The maximum absolute atomic E-state index is 12.5. The molecule has 7 nitrogen and oxygen atoms in total. The van der Waals surface area contributed by atoms with Gasteiger partial charge in [-0.1, -0.05) is 11.2 Å². The number of likely N-dealkylation sites (tertiary alicyclic amines) is 1. The Morgan fingerprint density at radius 3 is 3.00 bits per heavy atom. The highest BCUT2D eigenvalue weighted by atomic mass is 32.1. The Kier molecular flexibility index (Phi) is 3.23. The minimum atomic E-state index is -0.110. The largest absolute Gasteiger partial charge is 0.355 e. The summed E-state index contributed by atoms with van der Waals surface area (Å²) in [5, 5.41) is 14.1. The molecular weight excluding hydrogens is 302 g/mol. The van der Waals surface area contributed by atoms with E-state index >= 15 is 0 Å². The summed E-state index contributed by atoms with van der Waals surface area (Å²) in [5.74, 6) is 0.518. The normalized spacial score (nSPS) is 18.0. The van der Waals surface area contributed by atoms with Crippen LogP contribution in [0, 0.1) is 0 Å². The van der Waals surface area contributed by atoms with E-state index in [1.165, 1.54) is 0 Å². The number of amides is 1. The molecule has 1 amide bonds. The number of nitrogens with zero attached hydrogens (tertiary/aromatic N) is 5. The van der Waals surface area contributed by atoms with Crippen molar-refractivity contribution in [2.24, 2.45) is 0 Å². The first-order valence-corrected chi connectivity index (χ1v) is 7.85. The molecule has 0 aromatic carbocycles. The van der Waals surface area contributed by atoms with Gasteiger partial charge in [0.1, 0.15) is 0 Å². The van der Waals surface area contributed by atoms with Gasteiger partial charge in [0.05, 0.1) is 23.3 Å². The highest BCUT2D eigenvalue weighted by Crippen LogP contribution is 2.27. The van der Waals surface area contributed by atoms with E-state index < -0.39 is 0 Å². The Balaban J connectivity index is 1.49. The van der Waals surface area contributed by atoms with Gasteiger partial charge in [0.25, 0.3) is 5.91 Å². The maximum atomic E-state index is 12.5. The number of hydrogen-bond acceptors (Lipinski definition) is 6. The van der Waals surface area contributed by atoms with Crippen molar-refractivity contribution in [1.82, 2.24) is 25.1 Å². The highest BCUT2D eigenvalue weighted by molar-refractivity contribution is 7.13. The fourth-order valence-corrected chi connectivity index (χ4v) is 3.28. The Bertz CT molecular complexity index is 765. The topological polar surface area (TPSA) is 77.0 Å². The van der Waals surface area contributed by atoms with E-state index in [9.17, 15) is 4.79 Å². The molecule has 1 aliphatic rings. The van der Waals surface area contributed by atoms with Crippen molar-refractivity contribution >= 4 is 17.2 Å². The first kappa shape index (κ1) is 13.2. The fraction of sp³-hybridized carbons (Fsp3) is 0.286. The van der Waals surface area contributed by atoms with Crippen molar-refractivity contribution in [1.29, 1.82) is 0 Å². The molecule has 112 valence electrons. The van der Waals surface area contributed by atoms with Crippen LogP contribution < -0.4 is 0 Å². The Morgan fingerprint density at radius 2 is 2.23 bits per heavy atom. The molecule has 0 spiro atoms. The van der Waals surface area contributed by atoms with Gasteiger partial charge in [0, 0.05) is 19.2 Å². The van der Waals surface area contributed by atoms with Crippen LogP contribution in [-0.2, 0) is 0 Å². The molecule has 0 radical (unpaired) electrons. The van der Waals surface area contributed by atoms with Crippen LogP contribution in [-0.4, -0.2) is 44.0 Å². The minimum absolute atomic E-state index is 0.110. The average Bonchev–Trinajstić information content (AvgIpc) is 3.35. The number of carbonyl (C=O) groups is 1. The summed E-state index contributed by atoms with van der Waals surface area (Å²) in [4.78, 5) is 16.9. The third-order valence-corrected chi connectivity index (χ3v) is 4.59. The summed E-state index contributed by atoms with van der Waals surface area (Å²) in [5.41, 5.74) is 0.345. The Hall–Kier alpha value is -2.48. The van der Waals surface area contributed by atoms with Crippen LogP contribution in [0.2, 0.25) is 0 Å². The van der Waals surface area contributed by atoms with Crippen molar-refractivity contribution in [3.05, 3.63) is 41.7 Å². The monoisotopic (exact) mass is 315 g/mol. The molecule has 3 aromatic heterocycles.